The van der Waals surface area contributed by atoms with Gasteiger partial charge in [0, 0.05) is 18.7 Å². The number of aromatic nitrogens is 1. The van der Waals surface area contributed by atoms with Gasteiger partial charge in [0.2, 0.25) is 0 Å². The largest absolute Gasteiger partial charge is 0.433 e. The van der Waals surface area contributed by atoms with E-state index in [-0.39, 0.29) is 0 Å². The highest BCUT2D eigenvalue weighted by atomic mass is 19.4. The van der Waals surface area contributed by atoms with Crippen molar-refractivity contribution in [3.63, 3.8) is 0 Å². The SMILES string of the molecule is O=C/C=C/c1ccc(C(F)(F)F)nc1N1CCCCC1. The molecule has 1 aliphatic rings. The molecule has 6 heteroatoms. The summed E-state index contributed by atoms with van der Waals surface area (Å²) >= 11 is 0. The Bertz CT molecular complexity index is 506. The molecule has 0 aliphatic carbocycles. The molecule has 0 aromatic carbocycles. The number of alkyl halides is 3. The molecule has 20 heavy (non-hydrogen) atoms. The number of carbonyl (C=O) groups is 1. The molecule has 0 amide bonds. The fraction of sp³-hybridized carbons (Fsp3) is 0.429. The van der Waals surface area contributed by atoms with Crippen LogP contribution in [0.1, 0.15) is 30.5 Å². The Morgan fingerprint density at radius 2 is 1.85 bits per heavy atom. The standard InChI is InChI=1S/C14H15F3N2O/c15-14(16,17)12-7-6-11(5-4-10-20)13(18-12)19-8-2-1-3-9-19/h4-7,10H,1-3,8-9H2/b5-4+. The number of anilines is 1. The lowest BCUT2D eigenvalue weighted by molar-refractivity contribution is -0.141. The second-order valence-electron chi connectivity index (χ2n) is 4.65. The molecule has 108 valence electrons. The van der Waals surface area contributed by atoms with Gasteiger partial charge in [-0.25, -0.2) is 4.98 Å². The van der Waals surface area contributed by atoms with E-state index in [0.29, 0.717) is 30.8 Å². The van der Waals surface area contributed by atoms with Gasteiger partial charge in [-0.2, -0.15) is 13.2 Å². The van der Waals surface area contributed by atoms with Crippen molar-refractivity contribution in [3.05, 3.63) is 29.5 Å². The zero-order valence-electron chi connectivity index (χ0n) is 10.9. The van der Waals surface area contributed by atoms with E-state index in [1.807, 2.05) is 4.90 Å². The Balaban J connectivity index is 2.41. The molecule has 1 aromatic heterocycles. The molecule has 2 rings (SSSR count). The van der Waals surface area contributed by atoms with Crippen molar-refractivity contribution in [2.24, 2.45) is 0 Å². The number of piperidine rings is 1. The lowest BCUT2D eigenvalue weighted by Crippen LogP contribution is -2.31. The second-order valence-corrected chi connectivity index (χ2v) is 4.65. The Hall–Kier alpha value is -1.85. The Kier molecular flexibility index (Phi) is 4.42. The summed E-state index contributed by atoms with van der Waals surface area (Å²) in [6, 6.07) is 2.30. The predicted octanol–water partition coefficient (Wildman–Crippen LogP) is 3.30. The Morgan fingerprint density at radius 3 is 2.45 bits per heavy atom. The molecule has 1 saturated heterocycles. The lowest BCUT2D eigenvalue weighted by Gasteiger charge is -2.29. The number of pyridine rings is 1. The summed E-state index contributed by atoms with van der Waals surface area (Å²) < 4.78 is 38.3. The zero-order chi connectivity index (χ0) is 14.6. The molecule has 3 nitrogen and oxygen atoms in total. The van der Waals surface area contributed by atoms with Crippen molar-refractivity contribution >= 4 is 18.2 Å². The van der Waals surface area contributed by atoms with Crippen LogP contribution in [0.2, 0.25) is 0 Å². The maximum absolute atomic E-state index is 12.8. The van der Waals surface area contributed by atoms with Crippen molar-refractivity contribution in [2.45, 2.75) is 25.4 Å². The van der Waals surface area contributed by atoms with Crippen molar-refractivity contribution < 1.29 is 18.0 Å². The van der Waals surface area contributed by atoms with E-state index in [0.717, 1.165) is 25.3 Å². The quantitative estimate of drug-likeness (QED) is 0.630. The van der Waals surface area contributed by atoms with Gasteiger partial charge >= 0.3 is 6.18 Å². The predicted molar refractivity (Wildman–Crippen MR) is 70.4 cm³/mol. The first-order valence-electron chi connectivity index (χ1n) is 6.47. The highest BCUT2D eigenvalue weighted by Crippen LogP contribution is 2.31. The number of halogens is 3. The number of nitrogens with zero attached hydrogens (tertiary/aromatic N) is 2. The number of aldehydes is 1. The normalized spacial score (nSPS) is 16.6. The van der Waals surface area contributed by atoms with Gasteiger partial charge in [0.15, 0.2) is 0 Å². The first-order valence-corrected chi connectivity index (χ1v) is 6.47. The minimum absolute atomic E-state index is 0.303. The average Bonchev–Trinajstić information content (AvgIpc) is 2.45. The van der Waals surface area contributed by atoms with Gasteiger partial charge < -0.3 is 4.90 Å². The van der Waals surface area contributed by atoms with Crippen LogP contribution >= 0.6 is 0 Å². The summed E-state index contributed by atoms with van der Waals surface area (Å²) in [6.07, 6.45) is 1.84. The first kappa shape index (κ1) is 14.6. The summed E-state index contributed by atoms with van der Waals surface area (Å²) in [4.78, 5) is 16.0. The van der Waals surface area contributed by atoms with Gasteiger partial charge in [-0.15, -0.1) is 0 Å². The van der Waals surface area contributed by atoms with Gasteiger partial charge in [0.1, 0.15) is 17.8 Å². The van der Waals surface area contributed by atoms with E-state index in [9.17, 15) is 18.0 Å². The number of carbonyl (C=O) groups excluding carboxylic acids is 1. The van der Waals surface area contributed by atoms with Gasteiger partial charge in [0.25, 0.3) is 0 Å². The van der Waals surface area contributed by atoms with E-state index in [1.165, 1.54) is 18.2 Å². The minimum Gasteiger partial charge on any atom is -0.356 e. The van der Waals surface area contributed by atoms with Gasteiger partial charge in [-0.3, -0.25) is 4.79 Å². The van der Waals surface area contributed by atoms with Crippen LogP contribution in [-0.4, -0.2) is 24.4 Å². The van der Waals surface area contributed by atoms with Crippen LogP contribution < -0.4 is 4.90 Å². The van der Waals surface area contributed by atoms with Gasteiger partial charge in [-0.05, 0) is 43.5 Å². The zero-order valence-corrected chi connectivity index (χ0v) is 10.9. The molecule has 2 heterocycles. The topological polar surface area (TPSA) is 33.2 Å². The lowest BCUT2D eigenvalue weighted by atomic mass is 10.1. The highest BCUT2D eigenvalue weighted by molar-refractivity contribution is 5.77. The van der Waals surface area contributed by atoms with Crippen LogP contribution in [0.4, 0.5) is 19.0 Å². The number of rotatable bonds is 3. The average molecular weight is 284 g/mol. The molecular weight excluding hydrogens is 269 g/mol. The summed E-state index contributed by atoms with van der Waals surface area (Å²) in [6.45, 7) is 1.38. The number of allylic oxidation sites excluding steroid dienone is 1. The van der Waals surface area contributed by atoms with E-state index in [2.05, 4.69) is 4.98 Å². The van der Waals surface area contributed by atoms with E-state index >= 15 is 0 Å². The minimum atomic E-state index is -4.46. The van der Waals surface area contributed by atoms with Crippen molar-refractivity contribution in [3.8, 4) is 0 Å². The van der Waals surface area contributed by atoms with Gasteiger partial charge in [0.05, 0.1) is 0 Å². The van der Waals surface area contributed by atoms with Gasteiger partial charge in [-0.1, -0.05) is 0 Å². The summed E-state index contributed by atoms with van der Waals surface area (Å²) in [5, 5.41) is 0. The van der Waals surface area contributed by atoms with Crippen molar-refractivity contribution in [2.75, 3.05) is 18.0 Å². The van der Waals surface area contributed by atoms with Crippen LogP contribution in [0.3, 0.4) is 0 Å². The smallest absolute Gasteiger partial charge is 0.356 e. The molecule has 0 spiro atoms. The molecular formula is C14H15F3N2O. The second kappa shape index (κ2) is 6.07. The molecule has 0 N–H and O–H groups in total. The summed E-state index contributed by atoms with van der Waals surface area (Å²) in [5.74, 6) is 0.303. The molecule has 0 radical (unpaired) electrons. The number of hydrogen-bond donors (Lipinski definition) is 0. The summed E-state index contributed by atoms with van der Waals surface area (Å²) in [5.41, 5.74) is -0.367. The highest BCUT2D eigenvalue weighted by Gasteiger charge is 2.33. The van der Waals surface area contributed by atoms with E-state index in [4.69, 9.17) is 0 Å². The van der Waals surface area contributed by atoms with Crippen LogP contribution in [0.25, 0.3) is 6.08 Å². The Morgan fingerprint density at radius 1 is 1.15 bits per heavy atom. The van der Waals surface area contributed by atoms with Crippen LogP contribution in [0.5, 0.6) is 0 Å². The third kappa shape index (κ3) is 3.37. The van der Waals surface area contributed by atoms with Crippen molar-refractivity contribution in [1.29, 1.82) is 0 Å². The molecule has 1 aliphatic heterocycles. The molecule has 0 bridgehead atoms. The first-order chi connectivity index (χ1) is 9.52. The van der Waals surface area contributed by atoms with Crippen LogP contribution in [0.15, 0.2) is 18.2 Å². The third-order valence-electron chi connectivity index (χ3n) is 3.21. The number of hydrogen-bond acceptors (Lipinski definition) is 3. The molecule has 0 saturated carbocycles. The molecule has 1 aromatic rings. The summed E-state index contributed by atoms with van der Waals surface area (Å²) in [7, 11) is 0. The van der Waals surface area contributed by atoms with Crippen LogP contribution in [0, 0.1) is 0 Å². The molecule has 1 fully saturated rings. The molecule has 0 unspecified atom stereocenters. The monoisotopic (exact) mass is 284 g/mol. The van der Waals surface area contributed by atoms with Crippen molar-refractivity contribution in [1.82, 2.24) is 4.98 Å². The van der Waals surface area contributed by atoms with E-state index in [1.54, 1.807) is 0 Å². The Labute approximate surface area is 115 Å². The maximum Gasteiger partial charge on any atom is 0.433 e. The van der Waals surface area contributed by atoms with Crippen LogP contribution in [-0.2, 0) is 11.0 Å². The third-order valence-corrected chi connectivity index (χ3v) is 3.21. The fourth-order valence-corrected chi connectivity index (χ4v) is 2.25. The maximum atomic E-state index is 12.8. The van der Waals surface area contributed by atoms with E-state index < -0.39 is 11.9 Å². The fourth-order valence-electron chi connectivity index (χ4n) is 2.25. The molecule has 0 atom stereocenters.